The number of rotatable bonds is 5. The monoisotopic (exact) mass is 397 g/mol. The van der Waals surface area contributed by atoms with E-state index in [4.69, 9.17) is 4.74 Å². The normalized spacial score (nSPS) is 12.2. The summed E-state index contributed by atoms with van der Waals surface area (Å²) in [6.07, 6.45) is 0. The van der Waals surface area contributed by atoms with Crippen LogP contribution in [-0.4, -0.2) is 13.7 Å². The fraction of sp³-hybridized carbons (Fsp3) is 0.250. The Bertz CT molecular complexity index is 569. The Balaban J connectivity index is 2.32. The Labute approximate surface area is 136 Å². The van der Waals surface area contributed by atoms with Crippen molar-refractivity contribution in [3.05, 3.63) is 62.5 Å². The van der Waals surface area contributed by atoms with Crippen LogP contribution in [0.1, 0.15) is 24.1 Å². The lowest BCUT2D eigenvalue weighted by Crippen LogP contribution is -2.17. The third-order valence-corrected chi connectivity index (χ3v) is 4.23. The van der Waals surface area contributed by atoms with Crippen molar-refractivity contribution in [3.8, 4) is 5.75 Å². The van der Waals surface area contributed by atoms with Crippen LogP contribution in [0.15, 0.2) is 51.4 Å². The first kappa shape index (κ1) is 15.5. The van der Waals surface area contributed by atoms with E-state index < -0.39 is 0 Å². The van der Waals surface area contributed by atoms with Gasteiger partial charge in [-0.3, -0.25) is 0 Å². The molecule has 1 atom stereocenters. The molecule has 0 saturated heterocycles. The summed E-state index contributed by atoms with van der Waals surface area (Å²) in [5, 5.41) is 3.36. The highest BCUT2D eigenvalue weighted by molar-refractivity contribution is 9.10. The molecule has 0 aromatic heterocycles. The average Bonchev–Trinajstić information content (AvgIpc) is 2.45. The predicted molar refractivity (Wildman–Crippen MR) is 90.4 cm³/mol. The van der Waals surface area contributed by atoms with Gasteiger partial charge in [0.1, 0.15) is 5.75 Å². The Morgan fingerprint density at radius 1 is 1.05 bits per heavy atom. The minimum Gasteiger partial charge on any atom is -0.493 e. The van der Waals surface area contributed by atoms with Crippen molar-refractivity contribution < 1.29 is 4.74 Å². The average molecular weight is 399 g/mol. The van der Waals surface area contributed by atoms with Crippen LogP contribution >= 0.6 is 31.9 Å². The molecule has 0 bridgehead atoms. The van der Waals surface area contributed by atoms with Gasteiger partial charge in [-0.2, -0.15) is 0 Å². The van der Waals surface area contributed by atoms with Crippen LogP contribution in [-0.2, 0) is 0 Å². The van der Waals surface area contributed by atoms with E-state index in [0.29, 0.717) is 6.61 Å². The minimum absolute atomic E-state index is 0.162. The van der Waals surface area contributed by atoms with Crippen LogP contribution < -0.4 is 10.1 Å². The SMILES string of the molecule is CCOc1ccc(C(NC)c2ccc(Br)cc2)cc1Br. The predicted octanol–water partition coefficient (Wildman–Crippen LogP) is 4.92. The number of hydrogen-bond acceptors (Lipinski definition) is 2. The minimum atomic E-state index is 0.162. The lowest BCUT2D eigenvalue weighted by molar-refractivity contribution is 0.338. The van der Waals surface area contributed by atoms with Gasteiger partial charge in [0.2, 0.25) is 0 Å². The van der Waals surface area contributed by atoms with Crippen molar-refractivity contribution in [1.29, 1.82) is 0 Å². The molecule has 0 amide bonds. The number of benzene rings is 2. The Morgan fingerprint density at radius 2 is 1.70 bits per heavy atom. The molecule has 0 radical (unpaired) electrons. The second-order valence-electron chi connectivity index (χ2n) is 4.40. The molecule has 2 nitrogen and oxygen atoms in total. The molecule has 0 aliphatic rings. The summed E-state index contributed by atoms with van der Waals surface area (Å²) in [5.74, 6) is 0.877. The molecule has 1 N–H and O–H groups in total. The second kappa shape index (κ2) is 7.25. The first-order valence-corrected chi connectivity index (χ1v) is 8.09. The first-order chi connectivity index (χ1) is 9.65. The molecule has 2 rings (SSSR count). The van der Waals surface area contributed by atoms with Crippen molar-refractivity contribution >= 4 is 31.9 Å². The van der Waals surface area contributed by atoms with Crippen LogP contribution in [0.5, 0.6) is 5.75 Å². The third-order valence-electron chi connectivity index (χ3n) is 3.08. The lowest BCUT2D eigenvalue weighted by Gasteiger charge is -2.18. The molecule has 1 unspecified atom stereocenters. The highest BCUT2D eigenvalue weighted by Gasteiger charge is 2.13. The molecule has 0 heterocycles. The van der Waals surface area contributed by atoms with Gasteiger partial charge in [0, 0.05) is 4.47 Å². The molecule has 0 saturated carbocycles. The number of halogens is 2. The van der Waals surface area contributed by atoms with E-state index in [2.05, 4.69) is 73.6 Å². The van der Waals surface area contributed by atoms with E-state index in [0.717, 1.165) is 14.7 Å². The van der Waals surface area contributed by atoms with Crippen LogP contribution in [0.25, 0.3) is 0 Å². The Kier molecular flexibility index (Phi) is 5.64. The van der Waals surface area contributed by atoms with Gasteiger partial charge in [0.15, 0.2) is 0 Å². The van der Waals surface area contributed by atoms with E-state index in [1.807, 2.05) is 20.0 Å². The molecular weight excluding hydrogens is 382 g/mol. The van der Waals surface area contributed by atoms with Gasteiger partial charge >= 0.3 is 0 Å². The smallest absolute Gasteiger partial charge is 0.133 e. The summed E-state index contributed by atoms with van der Waals surface area (Å²) in [4.78, 5) is 0. The lowest BCUT2D eigenvalue weighted by atomic mass is 9.99. The van der Waals surface area contributed by atoms with Gasteiger partial charge in [0.05, 0.1) is 17.1 Å². The van der Waals surface area contributed by atoms with Gasteiger partial charge < -0.3 is 10.1 Å². The summed E-state index contributed by atoms with van der Waals surface area (Å²) in [7, 11) is 1.97. The molecule has 2 aromatic rings. The fourth-order valence-electron chi connectivity index (χ4n) is 2.15. The molecule has 0 aliphatic carbocycles. The first-order valence-electron chi connectivity index (χ1n) is 6.50. The third kappa shape index (κ3) is 3.62. The maximum Gasteiger partial charge on any atom is 0.133 e. The Morgan fingerprint density at radius 3 is 2.25 bits per heavy atom. The zero-order valence-corrected chi connectivity index (χ0v) is 14.7. The van der Waals surface area contributed by atoms with Crippen molar-refractivity contribution in [2.45, 2.75) is 13.0 Å². The zero-order valence-electron chi connectivity index (χ0n) is 11.5. The summed E-state index contributed by atoms with van der Waals surface area (Å²) in [6.45, 7) is 2.65. The summed E-state index contributed by atoms with van der Waals surface area (Å²) >= 11 is 7.04. The molecule has 4 heteroatoms. The number of ether oxygens (including phenoxy) is 1. The van der Waals surface area contributed by atoms with E-state index in [-0.39, 0.29) is 6.04 Å². The van der Waals surface area contributed by atoms with E-state index in [9.17, 15) is 0 Å². The quantitative estimate of drug-likeness (QED) is 0.771. The summed E-state index contributed by atoms with van der Waals surface area (Å²) in [6, 6.07) is 14.7. The number of hydrogen-bond donors (Lipinski definition) is 1. The molecule has 2 aromatic carbocycles. The van der Waals surface area contributed by atoms with Crippen LogP contribution in [0, 0.1) is 0 Å². The molecule has 20 heavy (non-hydrogen) atoms. The molecule has 0 fully saturated rings. The molecular formula is C16H17Br2NO. The maximum absolute atomic E-state index is 5.55. The number of nitrogens with one attached hydrogen (secondary N) is 1. The van der Waals surface area contributed by atoms with Gasteiger partial charge in [-0.05, 0) is 65.3 Å². The molecule has 0 aliphatic heterocycles. The van der Waals surface area contributed by atoms with E-state index in [1.165, 1.54) is 11.1 Å². The summed E-state index contributed by atoms with van der Waals surface area (Å²) in [5.41, 5.74) is 2.43. The molecule has 106 valence electrons. The molecule has 0 spiro atoms. The van der Waals surface area contributed by atoms with Crippen molar-refractivity contribution in [3.63, 3.8) is 0 Å². The van der Waals surface area contributed by atoms with E-state index >= 15 is 0 Å². The maximum atomic E-state index is 5.55. The largest absolute Gasteiger partial charge is 0.493 e. The standard InChI is InChI=1S/C16H17Br2NO/c1-3-20-15-9-6-12(10-14(15)18)16(19-2)11-4-7-13(17)8-5-11/h4-10,16,19H,3H2,1-2H3. The van der Waals surface area contributed by atoms with Gasteiger partial charge in [-0.1, -0.05) is 34.1 Å². The fourth-order valence-corrected chi connectivity index (χ4v) is 2.93. The topological polar surface area (TPSA) is 21.3 Å². The van der Waals surface area contributed by atoms with Crippen molar-refractivity contribution in [2.24, 2.45) is 0 Å². The summed E-state index contributed by atoms with van der Waals surface area (Å²) < 4.78 is 7.62. The van der Waals surface area contributed by atoms with Crippen LogP contribution in [0.3, 0.4) is 0 Å². The highest BCUT2D eigenvalue weighted by atomic mass is 79.9. The van der Waals surface area contributed by atoms with Crippen LogP contribution in [0.2, 0.25) is 0 Å². The second-order valence-corrected chi connectivity index (χ2v) is 6.17. The Hall–Kier alpha value is -0.840. The van der Waals surface area contributed by atoms with E-state index in [1.54, 1.807) is 0 Å². The van der Waals surface area contributed by atoms with Gasteiger partial charge in [0.25, 0.3) is 0 Å². The highest BCUT2D eigenvalue weighted by Crippen LogP contribution is 2.31. The van der Waals surface area contributed by atoms with Crippen LogP contribution in [0.4, 0.5) is 0 Å². The van der Waals surface area contributed by atoms with Gasteiger partial charge in [-0.25, -0.2) is 0 Å². The zero-order chi connectivity index (χ0) is 14.5. The van der Waals surface area contributed by atoms with Crippen molar-refractivity contribution in [2.75, 3.05) is 13.7 Å². The van der Waals surface area contributed by atoms with Crippen molar-refractivity contribution in [1.82, 2.24) is 5.32 Å². The van der Waals surface area contributed by atoms with Gasteiger partial charge in [-0.15, -0.1) is 0 Å².